The van der Waals surface area contributed by atoms with Crippen molar-refractivity contribution in [3.05, 3.63) is 32.3 Å². The molecule has 0 atom stereocenters. The molecular formula is C12H12BrNO4. The number of carbonyl (C=O) groups excluding carboxylic acids is 1. The summed E-state index contributed by atoms with van der Waals surface area (Å²) >= 11 is 3.16. The molecule has 0 radical (unpaired) electrons. The fourth-order valence-corrected chi connectivity index (χ4v) is 2.06. The summed E-state index contributed by atoms with van der Waals surface area (Å²) in [4.78, 5) is 22.0. The van der Waals surface area contributed by atoms with Gasteiger partial charge in [0.25, 0.3) is 0 Å². The Morgan fingerprint density at radius 3 is 2.72 bits per heavy atom. The average Bonchev–Trinajstić information content (AvgIpc) is 3.09. The van der Waals surface area contributed by atoms with Gasteiger partial charge in [0.15, 0.2) is 5.78 Å². The zero-order valence-electron chi connectivity index (χ0n) is 9.81. The summed E-state index contributed by atoms with van der Waals surface area (Å²) in [5, 5.41) is 11.0. The van der Waals surface area contributed by atoms with E-state index in [-0.39, 0.29) is 22.8 Å². The Hall–Kier alpha value is -1.43. The lowest BCUT2D eigenvalue weighted by Crippen LogP contribution is -2.07. The molecule has 96 valence electrons. The molecule has 6 heteroatoms. The predicted octanol–water partition coefficient (Wildman–Crippen LogP) is 3.35. The van der Waals surface area contributed by atoms with Crippen molar-refractivity contribution >= 4 is 27.4 Å². The number of hydrogen-bond acceptors (Lipinski definition) is 4. The summed E-state index contributed by atoms with van der Waals surface area (Å²) in [6, 6.07) is 2.91. The van der Waals surface area contributed by atoms with E-state index in [0.29, 0.717) is 17.0 Å². The van der Waals surface area contributed by atoms with Gasteiger partial charge in [-0.25, -0.2) is 0 Å². The highest BCUT2D eigenvalue weighted by Gasteiger charge is 2.27. The molecule has 1 fully saturated rings. The number of Topliss-reactive ketones (excluding diaryl/α,β-unsaturated/α-hetero) is 1. The van der Waals surface area contributed by atoms with Crippen LogP contribution < -0.4 is 4.74 Å². The molecule has 0 unspecified atom stereocenters. The first-order chi connectivity index (χ1) is 8.49. The Balaban J connectivity index is 2.41. The molecule has 0 aliphatic heterocycles. The van der Waals surface area contributed by atoms with Crippen molar-refractivity contribution in [1.29, 1.82) is 0 Å². The first kappa shape index (κ1) is 13.0. The fourth-order valence-electron chi connectivity index (χ4n) is 1.61. The van der Waals surface area contributed by atoms with Crippen LogP contribution in [0, 0.1) is 16.0 Å². The first-order valence-corrected chi connectivity index (χ1v) is 6.40. The highest BCUT2D eigenvalue weighted by Crippen LogP contribution is 2.37. The molecule has 1 aliphatic rings. The molecule has 0 amide bonds. The molecule has 0 bridgehead atoms. The van der Waals surface area contributed by atoms with Crippen molar-refractivity contribution in [1.82, 2.24) is 0 Å². The number of benzene rings is 1. The van der Waals surface area contributed by atoms with E-state index in [0.717, 1.165) is 12.8 Å². The smallest absolute Gasteiger partial charge is 0.312 e. The summed E-state index contributed by atoms with van der Waals surface area (Å²) in [5.41, 5.74) is 0.0759. The van der Waals surface area contributed by atoms with Crippen molar-refractivity contribution in [2.75, 3.05) is 6.61 Å². The standard InChI is InChI=1S/C12H12BrNO4/c1-7(15)10-4-9(13)5-11(14(16)17)12(10)18-6-8-2-3-8/h4-5,8H,2-3,6H2,1H3. The normalized spacial score (nSPS) is 14.3. The Bertz CT molecular complexity index is 476. The SMILES string of the molecule is CC(=O)c1cc(Br)cc([N+](=O)[O-])c1OCC1CC1. The highest BCUT2D eigenvalue weighted by atomic mass is 79.9. The molecule has 1 aromatic carbocycles. The van der Waals surface area contributed by atoms with Crippen LogP contribution in [0.3, 0.4) is 0 Å². The Labute approximate surface area is 112 Å². The van der Waals surface area contributed by atoms with Gasteiger partial charge < -0.3 is 4.74 Å². The molecule has 2 rings (SSSR count). The van der Waals surface area contributed by atoms with E-state index in [4.69, 9.17) is 4.74 Å². The van der Waals surface area contributed by atoms with E-state index < -0.39 is 4.92 Å². The van der Waals surface area contributed by atoms with E-state index in [9.17, 15) is 14.9 Å². The predicted molar refractivity (Wildman–Crippen MR) is 69.0 cm³/mol. The zero-order chi connectivity index (χ0) is 13.3. The summed E-state index contributed by atoms with van der Waals surface area (Å²) < 4.78 is 5.98. The number of nitrogens with zero attached hydrogens (tertiary/aromatic N) is 1. The average molecular weight is 314 g/mol. The van der Waals surface area contributed by atoms with Gasteiger partial charge in [0.2, 0.25) is 5.75 Å². The third-order valence-corrected chi connectivity index (χ3v) is 3.23. The molecule has 1 aromatic rings. The van der Waals surface area contributed by atoms with E-state index >= 15 is 0 Å². The number of halogens is 1. The van der Waals surface area contributed by atoms with Gasteiger partial charge in [-0.3, -0.25) is 14.9 Å². The van der Waals surface area contributed by atoms with Crippen LogP contribution in [0.15, 0.2) is 16.6 Å². The highest BCUT2D eigenvalue weighted by molar-refractivity contribution is 9.10. The number of ketones is 1. The van der Waals surface area contributed by atoms with Crippen LogP contribution in [0.5, 0.6) is 5.75 Å². The Morgan fingerprint density at radius 2 is 2.22 bits per heavy atom. The number of rotatable bonds is 5. The lowest BCUT2D eigenvalue weighted by atomic mass is 10.1. The summed E-state index contributed by atoms with van der Waals surface area (Å²) in [7, 11) is 0. The summed E-state index contributed by atoms with van der Waals surface area (Å²) in [6.07, 6.45) is 2.17. The van der Waals surface area contributed by atoms with E-state index in [1.165, 1.54) is 13.0 Å². The molecule has 0 spiro atoms. The van der Waals surface area contributed by atoms with Crippen LogP contribution in [-0.2, 0) is 0 Å². The molecule has 0 aromatic heterocycles. The van der Waals surface area contributed by atoms with Crippen LogP contribution >= 0.6 is 15.9 Å². The molecule has 0 saturated heterocycles. The largest absolute Gasteiger partial charge is 0.486 e. The molecule has 1 saturated carbocycles. The maximum atomic E-state index is 11.5. The van der Waals surface area contributed by atoms with Gasteiger partial charge in [-0.05, 0) is 31.7 Å². The van der Waals surface area contributed by atoms with Crippen molar-refractivity contribution < 1.29 is 14.5 Å². The van der Waals surface area contributed by atoms with Gasteiger partial charge in [-0.2, -0.15) is 0 Å². The minimum atomic E-state index is -0.528. The number of nitro groups is 1. The molecule has 5 nitrogen and oxygen atoms in total. The number of ether oxygens (including phenoxy) is 1. The van der Waals surface area contributed by atoms with Crippen LogP contribution in [0.4, 0.5) is 5.69 Å². The maximum absolute atomic E-state index is 11.5. The van der Waals surface area contributed by atoms with E-state index in [1.807, 2.05) is 0 Å². The molecular weight excluding hydrogens is 302 g/mol. The second kappa shape index (κ2) is 5.06. The Kier molecular flexibility index (Phi) is 3.65. The number of carbonyl (C=O) groups is 1. The maximum Gasteiger partial charge on any atom is 0.312 e. The summed E-state index contributed by atoms with van der Waals surface area (Å²) in [5.74, 6) is 0.306. The third kappa shape index (κ3) is 2.87. The van der Waals surface area contributed by atoms with Crippen LogP contribution in [0.1, 0.15) is 30.1 Å². The van der Waals surface area contributed by atoms with Crippen LogP contribution in [-0.4, -0.2) is 17.3 Å². The van der Waals surface area contributed by atoms with Crippen LogP contribution in [0.2, 0.25) is 0 Å². The van der Waals surface area contributed by atoms with Gasteiger partial charge in [0, 0.05) is 10.5 Å². The number of hydrogen-bond donors (Lipinski definition) is 0. The van der Waals surface area contributed by atoms with Crippen molar-refractivity contribution in [2.24, 2.45) is 5.92 Å². The minimum absolute atomic E-state index is 0.0857. The van der Waals surface area contributed by atoms with E-state index in [2.05, 4.69) is 15.9 Å². The third-order valence-electron chi connectivity index (χ3n) is 2.77. The quantitative estimate of drug-likeness (QED) is 0.475. The Morgan fingerprint density at radius 1 is 1.56 bits per heavy atom. The van der Waals surface area contributed by atoms with Crippen LogP contribution in [0.25, 0.3) is 0 Å². The molecule has 18 heavy (non-hydrogen) atoms. The zero-order valence-corrected chi connectivity index (χ0v) is 11.4. The molecule has 1 aliphatic carbocycles. The van der Waals surface area contributed by atoms with Gasteiger partial charge >= 0.3 is 5.69 Å². The molecule has 0 N–H and O–H groups in total. The monoisotopic (exact) mass is 313 g/mol. The lowest BCUT2D eigenvalue weighted by molar-refractivity contribution is -0.386. The topological polar surface area (TPSA) is 69.4 Å². The lowest BCUT2D eigenvalue weighted by Gasteiger charge is -2.10. The van der Waals surface area contributed by atoms with Crippen molar-refractivity contribution in [2.45, 2.75) is 19.8 Å². The van der Waals surface area contributed by atoms with Crippen molar-refractivity contribution in [3.63, 3.8) is 0 Å². The molecule has 0 heterocycles. The number of nitro benzene ring substituents is 1. The van der Waals surface area contributed by atoms with Crippen molar-refractivity contribution in [3.8, 4) is 5.75 Å². The van der Waals surface area contributed by atoms with Gasteiger partial charge in [-0.15, -0.1) is 0 Å². The summed E-state index contributed by atoms with van der Waals surface area (Å²) in [6.45, 7) is 1.80. The second-order valence-electron chi connectivity index (χ2n) is 4.37. The van der Waals surface area contributed by atoms with Gasteiger partial charge in [0.1, 0.15) is 0 Å². The van der Waals surface area contributed by atoms with Gasteiger partial charge in [0.05, 0.1) is 17.1 Å². The van der Waals surface area contributed by atoms with Gasteiger partial charge in [-0.1, -0.05) is 15.9 Å². The fraction of sp³-hybridized carbons (Fsp3) is 0.417. The minimum Gasteiger partial charge on any atom is -0.486 e. The first-order valence-electron chi connectivity index (χ1n) is 5.60. The second-order valence-corrected chi connectivity index (χ2v) is 5.28. The van der Waals surface area contributed by atoms with E-state index in [1.54, 1.807) is 6.07 Å².